The molecule has 0 aliphatic heterocycles. The van der Waals surface area contributed by atoms with Crippen LogP contribution in [0.2, 0.25) is 0 Å². The van der Waals surface area contributed by atoms with Crippen molar-refractivity contribution in [1.29, 1.82) is 0 Å². The van der Waals surface area contributed by atoms with Crippen molar-refractivity contribution >= 4 is 32.0 Å². The number of carbonyl (C=O) groups is 2. The molecule has 0 aliphatic carbocycles. The van der Waals surface area contributed by atoms with Gasteiger partial charge in [-0.05, 0) is 14.1 Å². The molecular weight excluding hydrogens is 340 g/mol. The van der Waals surface area contributed by atoms with Gasteiger partial charge in [0.05, 0.1) is 11.5 Å². The number of nitrogens with one attached hydrogen (secondary N) is 2. The van der Waals surface area contributed by atoms with Gasteiger partial charge in [0.2, 0.25) is 20.0 Å². The molecule has 0 aromatic rings. The molecule has 0 bridgehead atoms. The number of rotatable bonds is 10. The summed E-state index contributed by atoms with van der Waals surface area (Å²) >= 11 is 0. The Labute approximate surface area is 129 Å². The molecule has 2 N–H and O–H groups in total. The van der Waals surface area contributed by atoms with Crippen molar-refractivity contribution in [2.75, 3.05) is 38.8 Å². The minimum Gasteiger partial charge on any atom is -0.461 e. The molecule has 22 heavy (non-hydrogen) atoms. The van der Waals surface area contributed by atoms with E-state index in [0.717, 1.165) is 12.2 Å². The van der Waals surface area contributed by atoms with Crippen LogP contribution in [-0.2, 0) is 39.1 Å². The summed E-state index contributed by atoms with van der Waals surface area (Å²) in [6.45, 7) is -0.746. The van der Waals surface area contributed by atoms with Gasteiger partial charge in [0, 0.05) is 12.2 Å². The van der Waals surface area contributed by atoms with Crippen LogP contribution in [0.1, 0.15) is 0 Å². The van der Waals surface area contributed by atoms with E-state index in [0.29, 0.717) is 0 Å². The zero-order valence-corrected chi connectivity index (χ0v) is 13.7. The maximum Gasteiger partial charge on any atom is 0.331 e. The third-order valence-electron chi connectivity index (χ3n) is 2.17. The lowest BCUT2D eigenvalue weighted by molar-refractivity contribution is -0.139. The van der Waals surface area contributed by atoms with Gasteiger partial charge in [-0.15, -0.1) is 0 Å². The quantitative estimate of drug-likeness (QED) is 0.328. The summed E-state index contributed by atoms with van der Waals surface area (Å²) in [5, 5.41) is 0. The first-order valence-corrected chi connectivity index (χ1v) is 9.26. The van der Waals surface area contributed by atoms with Crippen LogP contribution in [0.3, 0.4) is 0 Å². The van der Waals surface area contributed by atoms with E-state index in [1.54, 1.807) is 0 Å². The summed E-state index contributed by atoms with van der Waals surface area (Å²) in [4.78, 5) is 22.3. The number of sulfonamides is 2. The summed E-state index contributed by atoms with van der Waals surface area (Å²) in [5.74, 6) is -2.66. The smallest absolute Gasteiger partial charge is 0.331 e. The van der Waals surface area contributed by atoms with Crippen LogP contribution in [0.4, 0.5) is 0 Å². The van der Waals surface area contributed by atoms with Crippen LogP contribution < -0.4 is 9.44 Å². The SMILES string of the molecule is CNS(=O)(=O)CCOC(=O)/C=C/C(=O)OCCS(=O)(=O)NC. The number of hydrogen-bond acceptors (Lipinski definition) is 8. The van der Waals surface area contributed by atoms with Gasteiger partial charge in [-0.3, -0.25) is 0 Å². The van der Waals surface area contributed by atoms with E-state index in [9.17, 15) is 26.4 Å². The molecule has 0 spiro atoms. The molecule has 0 heterocycles. The van der Waals surface area contributed by atoms with Crippen molar-refractivity contribution in [1.82, 2.24) is 9.44 Å². The van der Waals surface area contributed by atoms with Crippen LogP contribution >= 0.6 is 0 Å². The molecule has 0 rings (SSSR count). The van der Waals surface area contributed by atoms with Crippen molar-refractivity contribution in [3.8, 4) is 0 Å². The highest BCUT2D eigenvalue weighted by molar-refractivity contribution is 7.89. The van der Waals surface area contributed by atoms with E-state index in [4.69, 9.17) is 0 Å². The maximum atomic E-state index is 11.2. The van der Waals surface area contributed by atoms with E-state index in [1.165, 1.54) is 14.1 Å². The largest absolute Gasteiger partial charge is 0.461 e. The summed E-state index contributed by atoms with van der Waals surface area (Å²) in [6, 6.07) is 0. The molecule has 0 saturated heterocycles. The molecule has 128 valence electrons. The Hall–Kier alpha value is -1.50. The highest BCUT2D eigenvalue weighted by Gasteiger charge is 2.09. The van der Waals surface area contributed by atoms with E-state index in [-0.39, 0.29) is 13.2 Å². The molecule has 0 saturated carbocycles. The van der Waals surface area contributed by atoms with Gasteiger partial charge in [-0.25, -0.2) is 35.9 Å². The fourth-order valence-electron chi connectivity index (χ4n) is 0.940. The van der Waals surface area contributed by atoms with Crippen LogP contribution in [0.5, 0.6) is 0 Å². The lowest BCUT2D eigenvalue weighted by Gasteiger charge is -2.03. The van der Waals surface area contributed by atoms with Crippen LogP contribution in [0.25, 0.3) is 0 Å². The van der Waals surface area contributed by atoms with E-state index < -0.39 is 43.5 Å². The molecule has 0 aliphatic rings. The van der Waals surface area contributed by atoms with Crippen molar-refractivity contribution in [3.05, 3.63) is 12.2 Å². The minimum absolute atomic E-state index is 0.373. The molecule has 0 amide bonds. The second-order valence-electron chi connectivity index (χ2n) is 3.71. The molecule has 12 heteroatoms. The van der Waals surface area contributed by atoms with Crippen molar-refractivity contribution < 1.29 is 35.9 Å². The topological polar surface area (TPSA) is 145 Å². The summed E-state index contributed by atoms with van der Waals surface area (Å²) < 4.78 is 57.3. The Kier molecular flexibility index (Phi) is 8.86. The Morgan fingerprint density at radius 2 is 1.14 bits per heavy atom. The summed E-state index contributed by atoms with van der Waals surface area (Å²) in [6.07, 6.45) is 1.50. The van der Waals surface area contributed by atoms with Gasteiger partial charge >= 0.3 is 11.9 Å². The molecule has 0 atom stereocenters. The first-order valence-electron chi connectivity index (χ1n) is 5.96. The van der Waals surface area contributed by atoms with E-state index >= 15 is 0 Å². The second kappa shape index (κ2) is 9.50. The zero-order valence-electron chi connectivity index (χ0n) is 12.1. The summed E-state index contributed by atoms with van der Waals surface area (Å²) in [7, 11) is -4.51. The van der Waals surface area contributed by atoms with Crippen molar-refractivity contribution in [3.63, 3.8) is 0 Å². The Morgan fingerprint density at radius 3 is 1.41 bits per heavy atom. The molecular formula is C10H18N2O8S2. The third kappa shape index (κ3) is 10.3. The third-order valence-corrected chi connectivity index (χ3v) is 4.82. The van der Waals surface area contributed by atoms with Gasteiger partial charge in [0.1, 0.15) is 13.2 Å². The number of esters is 2. The van der Waals surface area contributed by atoms with E-state index in [1.807, 2.05) is 9.44 Å². The maximum absolute atomic E-state index is 11.2. The van der Waals surface area contributed by atoms with Gasteiger partial charge < -0.3 is 9.47 Å². The van der Waals surface area contributed by atoms with Crippen molar-refractivity contribution in [2.24, 2.45) is 0 Å². The van der Waals surface area contributed by atoms with Gasteiger partial charge in [-0.1, -0.05) is 0 Å². The van der Waals surface area contributed by atoms with Crippen molar-refractivity contribution in [2.45, 2.75) is 0 Å². The fourth-order valence-corrected chi connectivity index (χ4v) is 1.95. The Balaban J connectivity index is 4.05. The lowest BCUT2D eigenvalue weighted by atomic mass is 10.5. The zero-order chi connectivity index (χ0) is 17.2. The highest BCUT2D eigenvalue weighted by Crippen LogP contribution is 1.90. The second-order valence-corrected chi connectivity index (χ2v) is 7.81. The van der Waals surface area contributed by atoms with Gasteiger partial charge in [0.15, 0.2) is 0 Å². The predicted octanol–water partition coefficient (Wildman–Crippen LogP) is -2.27. The fraction of sp³-hybridized carbons (Fsp3) is 0.600. The minimum atomic E-state index is -3.48. The van der Waals surface area contributed by atoms with Gasteiger partial charge in [-0.2, -0.15) is 0 Å². The van der Waals surface area contributed by atoms with Crippen LogP contribution in [-0.4, -0.2) is 67.6 Å². The standard InChI is InChI=1S/C10H18N2O8S2/c1-11-21(15,16)7-5-19-9(13)3-4-10(14)20-6-8-22(17,18)12-2/h3-4,11-12H,5-8H2,1-2H3/b4-3+. The first-order chi connectivity index (χ1) is 10.1. The van der Waals surface area contributed by atoms with Crippen LogP contribution in [0.15, 0.2) is 12.2 Å². The van der Waals surface area contributed by atoms with Gasteiger partial charge in [0.25, 0.3) is 0 Å². The number of hydrogen-bond donors (Lipinski definition) is 2. The van der Waals surface area contributed by atoms with Crippen LogP contribution in [0, 0.1) is 0 Å². The van der Waals surface area contributed by atoms with E-state index in [2.05, 4.69) is 9.47 Å². The Morgan fingerprint density at radius 1 is 0.818 bits per heavy atom. The highest BCUT2D eigenvalue weighted by atomic mass is 32.2. The normalized spacial score (nSPS) is 12.3. The molecule has 10 nitrogen and oxygen atoms in total. The molecule has 0 aromatic carbocycles. The average Bonchev–Trinajstić information content (AvgIpc) is 2.45. The molecule has 0 unspecified atom stereocenters. The lowest BCUT2D eigenvalue weighted by Crippen LogP contribution is -2.25. The number of carbonyl (C=O) groups excluding carboxylic acids is 2. The monoisotopic (exact) mass is 358 g/mol. The Bertz CT molecular complexity index is 555. The predicted molar refractivity (Wildman–Crippen MR) is 76.8 cm³/mol. The molecule has 0 aromatic heterocycles. The molecule has 0 fully saturated rings. The average molecular weight is 358 g/mol. The summed E-state index contributed by atoms with van der Waals surface area (Å²) in [5.41, 5.74) is 0. The molecule has 0 radical (unpaired) electrons. The number of ether oxygens (including phenoxy) is 2. The first kappa shape index (κ1) is 20.5.